The van der Waals surface area contributed by atoms with Gasteiger partial charge in [-0.25, -0.2) is 0 Å². The lowest BCUT2D eigenvalue weighted by Crippen LogP contribution is -2.23. The lowest BCUT2D eigenvalue weighted by atomic mass is 10.0. The number of fused-ring (bicyclic) bond motifs is 1. The van der Waals surface area contributed by atoms with Gasteiger partial charge in [-0.1, -0.05) is 58.0 Å². The summed E-state index contributed by atoms with van der Waals surface area (Å²) in [6.07, 6.45) is 2.38. The Morgan fingerprint density at radius 2 is 1.71 bits per heavy atom. The SMILES string of the molecule is CCC(CC)Oc1ccc2ccccc2c1CNC(C)C. The first-order valence-corrected chi connectivity index (χ1v) is 8.06. The van der Waals surface area contributed by atoms with Crippen LogP contribution in [0.1, 0.15) is 46.1 Å². The van der Waals surface area contributed by atoms with Crippen LogP contribution < -0.4 is 10.1 Å². The second-order valence-electron chi connectivity index (χ2n) is 5.86. The summed E-state index contributed by atoms with van der Waals surface area (Å²) in [6, 6.07) is 13.3. The van der Waals surface area contributed by atoms with Gasteiger partial charge < -0.3 is 10.1 Å². The van der Waals surface area contributed by atoms with Crippen molar-refractivity contribution < 1.29 is 4.74 Å². The molecular weight excluding hydrogens is 258 g/mol. The van der Waals surface area contributed by atoms with Crippen molar-refractivity contribution in [2.75, 3.05) is 0 Å². The van der Waals surface area contributed by atoms with Crippen LogP contribution in [0.15, 0.2) is 36.4 Å². The van der Waals surface area contributed by atoms with Gasteiger partial charge in [0.1, 0.15) is 5.75 Å². The lowest BCUT2D eigenvalue weighted by molar-refractivity contribution is 0.191. The minimum absolute atomic E-state index is 0.295. The highest BCUT2D eigenvalue weighted by Crippen LogP contribution is 2.29. The molecule has 0 spiro atoms. The predicted molar refractivity (Wildman–Crippen MR) is 90.9 cm³/mol. The average molecular weight is 285 g/mol. The van der Waals surface area contributed by atoms with E-state index in [0.29, 0.717) is 12.1 Å². The molecule has 2 heteroatoms. The topological polar surface area (TPSA) is 21.3 Å². The van der Waals surface area contributed by atoms with Crippen molar-refractivity contribution in [3.05, 3.63) is 42.0 Å². The highest BCUT2D eigenvalue weighted by Gasteiger charge is 2.12. The van der Waals surface area contributed by atoms with E-state index in [1.165, 1.54) is 16.3 Å². The van der Waals surface area contributed by atoms with Crippen LogP contribution in [-0.4, -0.2) is 12.1 Å². The third-order valence-electron chi connectivity index (χ3n) is 3.89. The number of ether oxygens (including phenoxy) is 1. The molecule has 0 aliphatic carbocycles. The van der Waals surface area contributed by atoms with E-state index in [4.69, 9.17) is 4.74 Å². The van der Waals surface area contributed by atoms with Crippen LogP contribution in [0.5, 0.6) is 5.75 Å². The van der Waals surface area contributed by atoms with E-state index in [9.17, 15) is 0 Å². The summed E-state index contributed by atoms with van der Waals surface area (Å²) in [6.45, 7) is 9.55. The second kappa shape index (κ2) is 7.46. The normalized spacial score (nSPS) is 11.5. The standard InChI is InChI=1S/C19H27NO/c1-5-16(6-2)21-19-12-11-15-9-7-8-10-17(15)18(19)13-20-14(3)4/h7-12,14,16,20H,5-6,13H2,1-4H3. The number of nitrogens with one attached hydrogen (secondary N) is 1. The molecule has 0 aromatic heterocycles. The molecule has 0 radical (unpaired) electrons. The van der Waals surface area contributed by atoms with Crippen LogP contribution in [0, 0.1) is 0 Å². The summed E-state index contributed by atoms with van der Waals surface area (Å²) < 4.78 is 6.24. The van der Waals surface area contributed by atoms with Gasteiger partial charge in [0.25, 0.3) is 0 Å². The molecule has 0 saturated heterocycles. The maximum absolute atomic E-state index is 6.24. The van der Waals surface area contributed by atoms with Gasteiger partial charge in [0.2, 0.25) is 0 Å². The molecule has 0 bridgehead atoms. The first-order valence-electron chi connectivity index (χ1n) is 8.06. The van der Waals surface area contributed by atoms with E-state index in [1.807, 2.05) is 0 Å². The van der Waals surface area contributed by atoms with Gasteiger partial charge in [-0.2, -0.15) is 0 Å². The van der Waals surface area contributed by atoms with E-state index < -0.39 is 0 Å². The van der Waals surface area contributed by atoms with Gasteiger partial charge in [0.05, 0.1) is 6.10 Å². The van der Waals surface area contributed by atoms with Crippen molar-refractivity contribution >= 4 is 10.8 Å². The summed E-state index contributed by atoms with van der Waals surface area (Å²) >= 11 is 0. The molecule has 114 valence electrons. The minimum atomic E-state index is 0.295. The Kier molecular flexibility index (Phi) is 5.63. The zero-order chi connectivity index (χ0) is 15.2. The van der Waals surface area contributed by atoms with Crippen LogP contribution >= 0.6 is 0 Å². The maximum atomic E-state index is 6.24. The predicted octanol–water partition coefficient (Wildman–Crippen LogP) is 4.91. The Morgan fingerprint density at radius 1 is 1.00 bits per heavy atom. The van der Waals surface area contributed by atoms with Crippen molar-refractivity contribution in [1.29, 1.82) is 0 Å². The molecular formula is C19H27NO. The summed E-state index contributed by atoms with van der Waals surface area (Å²) in [5.41, 5.74) is 1.27. The molecule has 0 heterocycles. The Bertz CT molecular complexity index is 573. The largest absolute Gasteiger partial charge is 0.490 e. The molecule has 0 unspecified atom stereocenters. The van der Waals surface area contributed by atoms with Gasteiger partial charge in [-0.3, -0.25) is 0 Å². The van der Waals surface area contributed by atoms with E-state index in [-0.39, 0.29) is 0 Å². The number of hydrogen-bond donors (Lipinski definition) is 1. The Hall–Kier alpha value is -1.54. The third kappa shape index (κ3) is 3.98. The van der Waals surface area contributed by atoms with Crippen LogP contribution in [0.25, 0.3) is 10.8 Å². The van der Waals surface area contributed by atoms with E-state index in [1.54, 1.807) is 0 Å². The van der Waals surface area contributed by atoms with E-state index in [2.05, 4.69) is 69.4 Å². The van der Waals surface area contributed by atoms with Crippen LogP contribution in [-0.2, 0) is 6.54 Å². The Balaban J connectivity index is 2.40. The minimum Gasteiger partial charge on any atom is -0.490 e. The smallest absolute Gasteiger partial charge is 0.124 e. The van der Waals surface area contributed by atoms with Crippen molar-refractivity contribution in [3.63, 3.8) is 0 Å². The molecule has 0 aliphatic heterocycles. The van der Waals surface area contributed by atoms with Crippen molar-refractivity contribution in [2.45, 2.75) is 59.2 Å². The average Bonchev–Trinajstić information content (AvgIpc) is 2.50. The second-order valence-corrected chi connectivity index (χ2v) is 5.86. The first kappa shape index (κ1) is 15.8. The molecule has 0 amide bonds. The summed E-state index contributed by atoms with van der Waals surface area (Å²) in [5.74, 6) is 1.02. The summed E-state index contributed by atoms with van der Waals surface area (Å²) in [5, 5.41) is 6.08. The van der Waals surface area contributed by atoms with Gasteiger partial charge in [-0.15, -0.1) is 0 Å². The Labute approximate surface area is 128 Å². The van der Waals surface area contributed by atoms with Crippen LogP contribution in [0.2, 0.25) is 0 Å². The molecule has 2 aromatic carbocycles. The molecule has 0 saturated carbocycles. The summed E-state index contributed by atoms with van der Waals surface area (Å²) in [7, 11) is 0. The zero-order valence-corrected chi connectivity index (χ0v) is 13.6. The van der Waals surface area contributed by atoms with E-state index in [0.717, 1.165) is 25.1 Å². The van der Waals surface area contributed by atoms with Gasteiger partial charge >= 0.3 is 0 Å². The molecule has 2 aromatic rings. The number of benzene rings is 2. The maximum Gasteiger partial charge on any atom is 0.124 e. The van der Waals surface area contributed by atoms with Gasteiger partial charge in [0, 0.05) is 18.2 Å². The highest BCUT2D eigenvalue weighted by atomic mass is 16.5. The highest BCUT2D eigenvalue weighted by molar-refractivity contribution is 5.87. The van der Waals surface area contributed by atoms with Gasteiger partial charge in [0.15, 0.2) is 0 Å². The lowest BCUT2D eigenvalue weighted by Gasteiger charge is -2.21. The molecule has 2 rings (SSSR count). The number of rotatable bonds is 7. The van der Waals surface area contributed by atoms with Crippen molar-refractivity contribution in [3.8, 4) is 5.75 Å². The van der Waals surface area contributed by atoms with Crippen molar-refractivity contribution in [2.24, 2.45) is 0 Å². The van der Waals surface area contributed by atoms with E-state index >= 15 is 0 Å². The molecule has 1 N–H and O–H groups in total. The molecule has 0 fully saturated rings. The fourth-order valence-corrected chi connectivity index (χ4v) is 2.55. The van der Waals surface area contributed by atoms with Crippen molar-refractivity contribution in [1.82, 2.24) is 5.32 Å². The fourth-order valence-electron chi connectivity index (χ4n) is 2.55. The monoisotopic (exact) mass is 285 g/mol. The summed E-state index contributed by atoms with van der Waals surface area (Å²) in [4.78, 5) is 0. The molecule has 21 heavy (non-hydrogen) atoms. The molecule has 2 nitrogen and oxygen atoms in total. The van der Waals surface area contributed by atoms with Crippen LogP contribution in [0.4, 0.5) is 0 Å². The van der Waals surface area contributed by atoms with Crippen LogP contribution in [0.3, 0.4) is 0 Å². The first-order chi connectivity index (χ1) is 10.2. The quantitative estimate of drug-likeness (QED) is 0.781. The third-order valence-corrected chi connectivity index (χ3v) is 3.89. The fraction of sp³-hybridized carbons (Fsp3) is 0.474. The molecule has 0 atom stereocenters. The molecule has 0 aliphatic rings. The zero-order valence-electron chi connectivity index (χ0n) is 13.6. The number of hydrogen-bond acceptors (Lipinski definition) is 2. The van der Waals surface area contributed by atoms with Gasteiger partial charge in [-0.05, 0) is 29.7 Å². The Morgan fingerprint density at radius 3 is 2.38 bits per heavy atom.